The van der Waals surface area contributed by atoms with Gasteiger partial charge in [0.2, 0.25) is 10.0 Å². The maximum atomic E-state index is 13.9. The Balaban J connectivity index is 1.70. The number of carbonyl (C=O) groups excluding carboxylic acids is 1. The molecule has 28 heavy (non-hydrogen) atoms. The van der Waals surface area contributed by atoms with Crippen LogP contribution in [0.5, 0.6) is 0 Å². The molecule has 0 aromatic heterocycles. The minimum absolute atomic E-state index is 0.251. The SMILES string of the molecule is CN(C)Cc1cc(CNC(=O)c2ccc3c(c2)CCN3S(C)(=O)=O)ccc1F. The number of fused-ring (bicyclic) bond motifs is 1. The number of amides is 1. The molecule has 0 spiro atoms. The van der Waals surface area contributed by atoms with Crippen LogP contribution in [-0.4, -0.2) is 46.1 Å². The predicted octanol–water partition coefficient (Wildman–Crippen LogP) is 2.14. The van der Waals surface area contributed by atoms with Crippen LogP contribution in [0.3, 0.4) is 0 Å². The van der Waals surface area contributed by atoms with Crippen molar-refractivity contribution in [2.45, 2.75) is 19.5 Å². The van der Waals surface area contributed by atoms with Gasteiger partial charge in [-0.3, -0.25) is 9.10 Å². The van der Waals surface area contributed by atoms with E-state index in [2.05, 4.69) is 5.32 Å². The zero-order valence-electron chi connectivity index (χ0n) is 16.2. The van der Waals surface area contributed by atoms with Gasteiger partial charge in [-0.15, -0.1) is 0 Å². The van der Waals surface area contributed by atoms with Crippen LogP contribution in [0.4, 0.5) is 10.1 Å². The third-order valence-corrected chi connectivity index (χ3v) is 5.82. The Kier molecular flexibility index (Phi) is 5.71. The molecule has 0 saturated carbocycles. The largest absolute Gasteiger partial charge is 0.348 e. The fourth-order valence-electron chi connectivity index (χ4n) is 3.34. The molecule has 2 aromatic carbocycles. The predicted molar refractivity (Wildman–Crippen MR) is 107 cm³/mol. The number of nitrogens with one attached hydrogen (secondary N) is 1. The van der Waals surface area contributed by atoms with Crippen LogP contribution in [0.1, 0.15) is 27.0 Å². The van der Waals surface area contributed by atoms with E-state index in [1.807, 2.05) is 19.0 Å². The molecule has 0 aliphatic carbocycles. The number of nitrogens with zero attached hydrogens (tertiary/aromatic N) is 2. The van der Waals surface area contributed by atoms with E-state index >= 15 is 0 Å². The zero-order chi connectivity index (χ0) is 20.5. The molecule has 0 fully saturated rings. The van der Waals surface area contributed by atoms with E-state index < -0.39 is 10.0 Å². The Labute approximate surface area is 165 Å². The maximum Gasteiger partial charge on any atom is 0.251 e. The summed E-state index contributed by atoms with van der Waals surface area (Å²) in [4.78, 5) is 14.4. The summed E-state index contributed by atoms with van der Waals surface area (Å²) >= 11 is 0. The molecule has 1 heterocycles. The van der Waals surface area contributed by atoms with Gasteiger partial charge in [-0.2, -0.15) is 0 Å². The second-order valence-corrected chi connectivity index (χ2v) is 9.18. The van der Waals surface area contributed by atoms with E-state index in [9.17, 15) is 17.6 Å². The fraction of sp³-hybridized carbons (Fsp3) is 0.350. The van der Waals surface area contributed by atoms with Crippen molar-refractivity contribution >= 4 is 21.6 Å². The van der Waals surface area contributed by atoms with Gasteiger partial charge in [-0.05, 0) is 62.0 Å². The number of hydrogen-bond acceptors (Lipinski definition) is 4. The molecule has 6 nitrogen and oxygen atoms in total. The van der Waals surface area contributed by atoms with Crippen molar-refractivity contribution in [1.29, 1.82) is 0 Å². The highest BCUT2D eigenvalue weighted by Gasteiger charge is 2.26. The molecule has 3 rings (SSSR count). The number of carbonyl (C=O) groups is 1. The quantitative estimate of drug-likeness (QED) is 0.800. The van der Waals surface area contributed by atoms with Crippen LogP contribution < -0.4 is 9.62 Å². The van der Waals surface area contributed by atoms with Crippen LogP contribution >= 0.6 is 0 Å². The summed E-state index contributed by atoms with van der Waals surface area (Å²) in [5.74, 6) is -0.517. The molecule has 1 N–H and O–H groups in total. The molecule has 1 aliphatic heterocycles. The lowest BCUT2D eigenvalue weighted by Crippen LogP contribution is -2.27. The van der Waals surface area contributed by atoms with E-state index in [-0.39, 0.29) is 18.3 Å². The third kappa shape index (κ3) is 4.51. The summed E-state index contributed by atoms with van der Waals surface area (Å²) < 4.78 is 38.9. The molecule has 0 saturated heterocycles. The Bertz CT molecular complexity index is 1010. The summed E-state index contributed by atoms with van der Waals surface area (Å²) in [6, 6.07) is 9.85. The second-order valence-electron chi connectivity index (χ2n) is 7.27. The van der Waals surface area contributed by atoms with Gasteiger partial charge in [-0.25, -0.2) is 12.8 Å². The average molecular weight is 405 g/mol. The zero-order valence-corrected chi connectivity index (χ0v) is 17.0. The highest BCUT2D eigenvalue weighted by Crippen LogP contribution is 2.30. The van der Waals surface area contributed by atoms with Crippen molar-refractivity contribution in [3.05, 3.63) is 64.5 Å². The van der Waals surface area contributed by atoms with Gasteiger partial charge in [0.05, 0.1) is 11.9 Å². The summed E-state index contributed by atoms with van der Waals surface area (Å²) in [7, 11) is 0.422. The van der Waals surface area contributed by atoms with Crippen molar-refractivity contribution in [2.24, 2.45) is 0 Å². The lowest BCUT2D eigenvalue weighted by Gasteiger charge is -2.16. The maximum absolute atomic E-state index is 13.9. The molecule has 8 heteroatoms. The summed E-state index contributed by atoms with van der Waals surface area (Å²) in [5.41, 5.74) is 3.34. The lowest BCUT2D eigenvalue weighted by molar-refractivity contribution is 0.0951. The van der Waals surface area contributed by atoms with Crippen molar-refractivity contribution in [3.63, 3.8) is 0 Å². The monoisotopic (exact) mass is 405 g/mol. The standard InChI is InChI=1S/C20H24FN3O3S/c1-23(2)13-17-10-14(4-6-18(17)21)12-22-20(25)16-5-7-19-15(11-16)8-9-24(19)28(3,26)27/h4-7,10-11H,8-9,12-13H2,1-3H3,(H,22,25). The first kappa shape index (κ1) is 20.3. The van der Waals surface area contributed by atoms with E-state index in [1.165, 1.54) is 16.6 Å². The van der Waals surface area contributed by atoms with Gasteiger partial charge >= 0.3 is 0 Å². The normalized spacial score (nSPS) is 13.7. The molecule has 150 valence electrons. The molecule has 0 bridgehead atoms. The van der Waals surface area contributed by atoms with Gasteiger partial charge in [0, 0.05) is 30.8 Å². The Morgan fingerprint density at radius 2 is 1.96 bits per heavy atom. The second kappa shape index (κ2) is 7.89. The molecular weight excluding hydrogens is 381 g/mol. The van der Waals surface area contributed by atoms with E-state index in [1.54, 1.807) is 30.3 Å². The molecule has 2 aromatic rings. The topological polar surface area (TPSA) is 69.7 Å². The van der Waals surface area contributed by atoms with E-state index in [0.29, 0.717) is 36.3 Å². The number of anilines is 1. The Morgan fingerprint density at radius 3 is 2.64 bits per heavy atom. The van der Waals surface area contributed by atoms with Gasteiger partial charge in [0.25, 0.3) is 5.91 Å². The minimum atomic E-state index is -3.31. The van der Waals surface area contributed by atoms with Crippen LogP contribution in [0.15, 0.2) is 36.4 Å². The first-order valence-corrected chi connectivity index (χ1v) is 10.8. The van der Waals surface area contributed by atoms with E-state index in [0.717, 1.165) is 11.1 Å². The van der Waals surface area contributed by atoms with Crippen molar-refractivity contribution in [1.82, 2.24) is 10.2 Å². The highest BCUT2D eigenvalue weighted by molar-refractivity contribution is 7.92. The molecule has 1 aliphatic rings. The van der Waals surface area contributed by atoms with Crippen molar-refractivity contribution < 1.29 is 17.6 Å². The van der Waals surface area contributed by atoms with Gasteiger partial charge in [0.1, 0.15) is 5.82 Å². The molecule has 0 unspecified atom stereocenters. The molecule has 1 amide bonds. The summed E-state index contributed by atoms with van der Waals surface area (Å²) in [6.07, 6.45) is 1.76. The van der Waals surface area contributed by atoms with Crippen LogP contribution in [0, 0.1) is 5.82 Å². The number of halogens is 1. The van der Waals surface area contributed by atoms with Crippen LogP contribution in [-0.2, 0) is 29.5 Å². The first-order valence-electron chi connectivity index (χ1n) is 8.96. The lowest BCUT2D eigenvalue weighted by atomic mass is 10.1. The minimum Gasteiger partial charge on any atom is -0.348 e. The number of sulfonamides is 1. The number of rotatable bonds is 6. The molecular formula is C20H24FN3O3S. The number of hydrogen-bond donors (Lipinski definition) is 1. The summed E-state index contributed by atoms with van der Waals surface area (Å²) in [6.45, 7) is 1.16. The van der Waals surface area contributed by atoms with Crippen molar-refractivity contribution in [3.8, 4) is 0 Å². The van der Waals surface area contributed by atoms with E-state index in [4.69, 9.17) is 0 Å². The van der Waals surface area contributed by atoms with Gasteiger partial charge in [0.15, 0.2) is 0 Å². The number of benzene rings is 2. The Morgan fingerprint density at radius 1 is 1.21 bits per heavy atom. The first-order chi connectivity index (χ1) is 13.1. The van der Waals surface area contributed by atoms with Gasteiger partial charge < -0.3 is 10.2 Å². The highest BCUT2D eigenvalue weighted by atomic mass is 32.2. The van der Waals surface area contributed by atoms with Crippen LogP contribution in [0.2, 0.25) is 0 Å². The Hall–Kier alpha value is -2.45. The summed E-state index contributed by atoms with van der Waals surface area (Å²) in [5, 5.41) is 2.84. The van der Waals surface area contributed by atoms with Crippen LogP contribution in [0.25, 0.3) is 0 Å². The molecule has 0 radical (unpaired) electrons. The third-order valence-electron chi connectivity index (χ3n) is 4.64. The smallest absolute Gasteiger partial charge is 0.251 e. The van der Waals surface area contributed by atoms with Crippen molar-refractivity contribution in [2.75, 3.05) is 31.2 Å². The fourth-order valence-corrected chi connectivity index (χ4v) is 4.30. The van der Waals surface area contributed by atoms with Gasteiger partial charge in [-0.1, -0.05) is 6.07 Å². The molecule has 0 atom stereocenters. The average Bonchev–Trinajstić information content (AvgIpc) is 3.05.